The zero-order valence-electron chi connectivity index (χ0n) is 12.8. The number of carbonyl (C=O) groups excluding carboxylic acids is 1. The molecule has 0 radical (unpaired) electrons. The van der Waals surface area contributed by atoms with E-state index in [4.69, 9.17) is 23.1 Å². The number of nitrogens with two attached hydrogens (primary N) is 1. The van der Waals surface area contributed by atoms with Gasteiger partial charge in [0.25, 0.3) is 0 Å². The quantitative estimate of drug-likeness (QED) is 0.591. The first kappa shape index (κ1) is 19.6. The fourth-order valence-corrected chi connectivity index (χ4v) is 2.06. The van der Waals surface area contributed by atoms with Crippen molar-refractivity contribution in [3.63, 3.8) is 0 Å². The molecular weight excluding hydrogens is 370 g/mol. The number of hydrogen-bond donors (Lipinski definition) is 1. The van der Waals surface area contributed by atoms with Gasteiger partial charge in [-0.2, -0.15) is 4.90 Å². The molecular formula is C16H17N2O2RbS. The summed E-state index contributed by atoms with van der Waals surface area (Å²) in [5.41, 5.74) is 8.15. The van der Waals surface area contributed by atoms with Gasteiger partial charge < -0.3 is 28.0 Å². The average molecular weight is 387 g/mol. The topological polar surface area (TPSA) is 55.6 Å². The number of ether oxygens (including phenoxy) is 1. The molecule has 0 bridgehead atoms. The number of hydrogen-bond acceptors (Lipinski definition) is 4. The molecule has 1 amide bonds. The van der Waals surface area contributed by atoms with Gasteiger partial charge in [0.05, 0.1) is 0 Å². The van der Waals surface area contributed by atoms with E-state index in [1.54, 1.807) is 25.2 Å². The molecule has 2 aromatic rings. The molecule has 0 aliphatic carbocycles. The van der Waals surface area contributed by atoms with Crippen LogP contribution in [0.25, 0.3) is 0 Å². The van der Waals surface area contributed by atoms with Gasteiger partial charge in [0.15, 0.2) is 0 Å². The maximum atomic E-state index is 12.0. The van der Waals surface area contributed by atoms with E-state index in [0.29, 0.717) is 17.1 Å². The summed E-state index contributed by atoms with van der Waals surface area (Å²) in [5.74, 6) is 0. The van der Waals surface area contributed by atoms with Gasteiger partial charge in [0.2, 0.25) is 0 Å². The van der Waals surface area contributed by atoms with Crippen LogP contribution in [-0.4, -0.2) is 18.0 Å². The standard InChI is InChI=1S/C16H18N2O2S.Rb/c1-18(10-13-9-14(17)7-8-15(13)21)16(19)20-11-12-5-3-2-4-6-12;/h2-9,21H,10-11,17H2,1H3;/q;+1/p-1. The van der Waals surface area contributed by atoms with Crippen LogP contribution in [0.4, 0.5) is 10.5 Å². The molecule has 0 aromatic heterocycles. The first-order chi connectivity index (χ1) is 10.1. The largest absolute Gasteiger partial charge is 1.00 e. The normalized spacial score (nSPS) is 9.68. The molecule has 2 aromatic carbocycles. The Morgan fingerprint density at radius 1 is 1.23 bits per heavy atom. The van der Waals surface area contributed by atoms with E-state index in [9.17, 15) is 4.79 Å². The van der Waals surface area contributed by atoms with Crippen LogP contribution >= 0.6 is 0 Å². The molecule has 0 fully saturated rings. The van der Waals surface area contributed by atoms with Crippen LogP contribution in [0.3, 0.4) is 0 Å². The van der Waals surface area contributed by atoms with Crippen LogP contribution in [0.5, 0.6) is 0 Å². The predicted octanol–water partition coefficient (Wildman–Crippen LogP) is -0.0528. The van der Waals surface area contributed by atoms with Crippen LogP contribution in [-0.2, 0) is 30.5 Å². The van der Waals surface area contributed by atoms with E-state index in [0.717, 1.165) is 11.1 Å². The first-order valence-electron chi connectivity index (χ1n) is 6.53. The number of rotatable bonds is 4. The fraction of sp³-hybridized carbons (Fsp3) is 0.188. The minimum Gasteiger partial charge on any atom is -0.779 e. The summed E-state index contributed by atoms with van der Waals surface area (Å²) in [6, 6.07) is 14.8. The molecule has 2 N–H and O–H groups in total. The van der Waals surface area contributed by atoms with Gasteiger partial charge in [-0.05, 0) is 23.3 Å². The van der Waals surface area contributed by atoms with Gasteiger partial charge in [-0.15, -0.1) is 0 Å². The van der Waals surface area contributed by atoms with Crippen molar-refractivity contribution >= 4 is 24.4 Å². The minimum atomic E-state index is -0.393. The molecule has 0 saturated carbocycles. The Kier molecular flexibility index (Phi) is 8.57. The SMILES string of the molecule is CN(Cc1cc(N)ccc1[S-])C(=O)OCc1ccccc1.[Rb+]. The van der Waals surface area contributed by atoms with E-state index >= 15 is 0 Å². The Labute approximate surface area is 185 Å². The Bertz CT molecular complexity index is 623. The Balaban J connectivity index is 0.00000242. The van der Waals surface area contributed by atoms with Crippen LogP contribution in [0, 0.1) is 0 Å². The summed E-state index contributed by atoms with van der Waals surface area (Å²) >= 11 is 5.22. The molecule has 0 saturated heterocycles. The van der Waals surface area contributed by atoms with Crippen molar-refractivity contribution in [2.45, 2.75) is 18.0 Å². The smallest absolute Gasteiger partial charge is 0.779 e. The zero-order valence-corrected chi connectivity index (χ0v) is 18.5. The van der Waals surface area contributed by atoms with Crippen LogP contribution in [0.2, 0.25) is 0 Å². The maximum Gasteiger partial charge on any atom is 1.00 e. The third-order valence-electron chi connectivity index (χ3n) is 3.01. The zero-order chi connectivity index (χ0) is 15.2. The van der Waals surface area contributed by atoms with Gasteiger partial charge >= 0.3 is 64.3 Å². The van der Waals surface area contributed by atoms with Gasteiger partial charge in [-0.1, -0.05) is 36.4 Å². The fourth-order valence-electron chi connectivity index (χ4n) is 1.87. The Morgan fingerprint density at radius 3 is 2.59 bits per heavy atom. The maximum absolute atomic E-state index is 12.0. The number of carbonyl (C=O) groups is 1. The molecule has 0 unspecified atom stereocenters. The molecule has 2 rings (SSSR count). The molecule has 0 aliphatic heterocycles. The van der Waals surface area contributed by atoms with Crippen molar-refractivity contribution in [2.24, 2.45) is 0 Å². The summed E-state index contributed by atoms with van der Waals surface area (Å²) in [6.45, 7) is 0.624. The number of anilines is 1. The van der Waals surface area contributed by atoms with Gasteiger partial charge in [0, 0.05) is 19.3 Å². The van der Waals surface area contributed by atoms with Crippen molar-refractivity contribution in [1.29, 1.82) is 0 Å². The second kappa shape index (κ2) is 9.62. The van der Waals surface area contributed by atoms with Crippen LogP contribution < -0.4 is 63.9 Å². The van der Waals surface area contributed by atoms with Crippen LogP contribution in [0.15, 0.2) is 53.4 Å². The molecule has 6 heteroatoms. The molecule has 0 aliphatic rings. The van der Waals surface area contributed by atoms with Crippen molar-refractivity contribution in [3.8, 4) is 0 Å². The summed E-state index contributed by atoms with van der Waals surface area (Å²) < 4.78 is 5.25. The first-order valence-corrected chi connectivity index (χ1v) is 6.94. The van der Waals surface area contributed by atoms with Crippen molar-refractivity contribution in [2.75, 3.05) is 12.8 Å². The van der Waals surface area contributed by atoms with Gasteiger partial charge in [-0.25, -0.2) is 4.79 Å². The number of benzene rings is 2. The molecule has 4 nitrogen and oxygen atoms in total. The molecule has 0 heterocycles. The van der Waals surface area contributed by atoms with Crippen LogP contribution in [0.1, 0.15) is 11.1 Å². The molecule has 0 spiro atoms. The second-order valence-electron chi connectivity index (χ2n) is 4.76. The predicted molar refractivity (Wildman–Crippen MR) is 84.6 cm³/mol. The summed E-state index contributed by atoms with van der Waals surface area (Å²) in [4.78, 5) is 14.1. The Hall–Kier alpha value is -0.465. The average Bonchev–Trinajstić information content (AvgIpc) is 2.49. The minimum absolute atomic E-state index is 0. The van der Waals surface area contributed by atoms with Crippen molar-refractivity contribution < 1.29 is 67.7 Å². The number of nitrogens with zero attached hydrogens (tertiary/aromatic N) is 1. The third-order valence-corrected chi connectivity index (χ3v) is 3.41. The van der Waals surface area contributed by atoms with E-state index < -0.39 is 6.09 Å². The van der Waals surface area contributed by atoms with E-state index in [1.807, 2.05) is 30.3 Å². The molecule has 22 heavy (non-hydrogen) atoms. The third kappa shape index (κ3) is 5.97. The number of amides is 1. The molecule has 0 atom stereocenters. The van der Waals surface area contributed by atoms with E-state index in [2.05, 4.69) is 0 Å². The monoisotopic (exact) mass is 386 g/mol. The van der Waals surface area contributed by atoms with Gasteiger partial charge in [0.1, 0.15) is 6.61 Å². The summed E-state index contributed by atoms with van der Waals surface area (Å²) in [7, 11) is 1.67. The van der Waals surface area contributed by atoms with E-state index in [1.165, 1.54) is 4.90 Å². The summed E-state index contributed by atoms with van der Waals surface area (Å²) in [6.07, 6.45) is -0.393. The van der Waals surface area contributed by atoms with Gasteiger partial charge in [-0.3, -0.25) is 0 Å². The van der Waals surface area contributed by atoms with Crippen molar-refractivity contribution in [3.05, 3.63) is 59.7 Å². The number of nitrogen functional groups attached to an aromatic ring is 1. The molecule has 110 valence electrons. The summed E-state index contributed by atoms with van der Waals surface area (Å²) in [5, 5.41) is 0. The second-order valence-corrected chi connectivity index (χ2v) is 5.20. The van der Waals surface area contributed by atoms with Crippen molar-refractivity contribution in [1.82, 2.24) is 4.90 Å². The Morgan fingerprint density at radius 2 is 1.91 bits per heavy atom. The van der Waals surface area contributed by atoms with E-state index in [-0.39, 0.29) is 64.8 Å².